The minimum Gasteiger partial charge on any atom is -0.383 e. The number of hydrogen-bond acceptors (Lipinski definition) is 3. The second kappa shape index (κ2) is 7.46. The van der Waals surface area contributed by atoms with Gasteiger partial charge in [-0.15, -0.1) is 0 Å². The molecule has 0 atom stereocenters. The van der Waals surface area contributed by atoms with Gasteiger partial charge in [0.15, 0.2) is 5.96 Å². The van der Waals surface area contributed by atoms with Crippen LogP contribution in [0, 0.1) is 5.41 Å². The molecule has 0 aliphatic carbocycles. The topological polar surface area (TPSA) is 62.9 Å². The van der Waals surface area contributed by atoms with Gasteiger partial charge in [-0.2, -0.15) is 0 Å². The van der Waals surface area contributed by atoms with E-state index in [1.165, 1.54) is 0 Å². The number of ether oxygens (including phenoxy) is 1. The molecule has 0 spiro atoms. The van der Waals surface area contributed by atoms with Gasteiger partial charge < -0.3 is 20.7 Å². The highest BCUT2D eigenvalue weighted by atomic mass is 16.5. The lowest BCUT2D eigenvalue weighted by molar-refractivity contribution is 0.203. The molecule has 16 heavy (non-hydrogen) atoms. The number of rotatable bonds is 7. The Morgan fingerprint density at radius 1 is 1.44 bits per heavy atom. The summed E-state index contributed by atoms with van der Waals surface area (Å²) >= 11 is 0. The van der Waals surface area contributed by atoms with Crippen LogP contribution >= 0.6 is 0 Å². The number of aliphatic imine (C=N–C) groups is 1. The number of guanidine groups is 1. The molecule has 0 aromatic rings. The van der Waals surface area contributed by atoms with Gasteiger partial charge in [0, 0.05) is 26.7 Å². The molecule has 0 saturated heterocycles. The van der Waals surface area contributed by atoms with E-state index >= 15 is 0 Å². The van der Waals surface area contributed by atoms with E-state index in [0.29, 0.717) is 19.1 Å². The zero-order valence-electron chi connectivity index (χ0n) is 11.2. The Bertz CT molecular complexity index is 214. The summed E-state index contributed by atoms with van der Waals surface area (Å²) in [5.41, 5.74) is 5.86. The predicted octanol–water partition coefficient (Wildman–Crippen LogP) is 0.125. The summed E-state index contributed by atoms with van der Waals surface area (Å²) in [4.78, 5) is 6.48. The fourth-order valence-corrected chi connectivity index (χ4v) is 1.54. The monoisotopic (exact) mass is 230 g/mol. The van der Waals surface area contributed by atoms with Gasteiger partial charge in [0.25, 0.3) is 0 Å². The van der Waals surface area contributed by atoms with Crippen LogP contribution in [0.5, 0.6) is 0 Å². The average Bonchev–Trinajstić information content (AvgIpc) is 2.13. The maximum absolute atomic E-state index is 5.72. The molecular weight excluding hydrogens is 204 g/mol. The van der Waals surface area contributed by atoms with Crippen molar-refractivity contribution in [1.29, 1.82) is 0 Å². The fourth-order valence-electron chi connectivity index (χ4n) is 1.54. The Balaban J connectivity index is 3.94. The Morgan fingerprint density at radius 3 is 2.56 bits per heavy atom. The molecule has 0 aromatic carbocycles. The molecular formula is C11H26N4O. The van der Waals surface area contributed by atoms with Crippen molar-refractivity contribution in [3.8, 4) is 0 Å². The van der Waals surface area contributed by atoms with E-state index in [2.05, 4.69) is 43.2 Å². The standard InChI is InChI=1S/C11H26N4O/c1-11(2,9-15(3)4)8-14-10(12)13-6-7-16-5/h6-9H2,1-5H3,(H3,12,13,14). The highest BCUT2D eigenvalue weighted by Crippen LogP contribution is 2.15. The molecule has 0 unspecified atom stereocenters. The first-order chi connectivity index (χ1) is 7.37. The first-order valence-electron chi connectivity index (χ1n) is 5.55. The quantitative estimate of drug-likeness (QED) is 0.370. The Hall–Kier alpha value is -0.810. The smallest absolute Gasteiger partial charge is 0.188 e. The highest BCUT2D eigenvalue weighted by Gasteiger charge is 2.18. The minimum absolute atomic E-state index is 0.136. The van der Waals surface area contributed by atoms with Crippen molar-refractivity contribution in [3.63, 3.8) is 0 Å². The third kappa shape index (κ3) is 8.49. The number of methoxy groups -OCH3 is 1. The van der Waals surface area contributed by atoms with Crippen LogP contribution in [-0.4, -0.2) is 58.3 Å². The Morgan fingerprint density at radius 2 is 2.06 bits per heavy atom. The molecule has 0 amide bonds. The van der Waals surface area contributed by atoms with Gasteiger partial charge in [-0.3, -0.25) is 4.99 Å². The van der Waals surface area contributed by atoms with Crippen LogP contribution in [0.4, 0.5) is 0 Å². The van der Waals surface area contributed by atoms with E-state index in [0.717, 1.165) is 13.1 Å². The second-order valence-corrected chi connectivity index (χ2v) is 5.02. The van der Waals surface area contributed by atoms with Crippen molar-refractivity contribution in [2.45, 2.75) is 13.8 Å². The van der Waals surface area contributed by atoms with Gasteiger partial charge in [0.1, 0.15) is 0 Å². The Kier molecular flexibility index (Phi) is 7.08. The zero-order chi connectivity index (χ0) is 12.6. The van der Waals surface area contributed by atoms with E-state index in [1.54, 1.807) is 7.11 Å². The van der Waals surface area contributed by atoms with E-state index < -0.39 is 0 Å². The highest BCUT2D eigenvalue weighted by molar-refractivity contribution is 5.77. The van der Waals surface area contributed by atoms with Crippen molar-refractivity contribution < 1.29 is 4.74 Å². The fraction of sp³-hybridized carbons (Fsp3) is 0.909. The molecule has 0 bridgehead atoms. The van der Waals surface area contributed by atoms with Crippen LogP contribution < -0.4 is 11.1 Å². The molecule has 0 aromatic heterocycles. The molecule has 5 heteroatoms. The molecule has 0 heterocycles. The Labute approximate surface area is 99.0 Å². The SMILES string of the molecule is COCCNC(N)=NCC(C)(C)CN(C)C. The lowest BCUT2D eigenvalue weighted by atomic mass is 9.93. The van der Waals surface area contributed by atoms with Crippen molar-refractivity contribution in [2.75, 3.05) is 47.4 Å². The summed E-state index contributed by atoms with van der Waals surface area (Å²) < 4.78 is 4.91. The second-order valence-electron chi connectivity index (χ2n) is 5.02. The van der Waals surface area contributed by atoms with Crippen LogP contribution in [0.15, 0.2) is 4.99 Å². The van der Waals surface area contributed by atoms with Crippen LogP contribution in [0.1, 0.15) is 13.8 Å². The van der Waals surface area contributed by atoms with Crippen LogP contribution in [0.2, 0.25) is 0 Å². The third-order valence-corrected chi connectivity index (χ3v) is 2.03. The lowest BCUT2D eigenvalue weighted by Crippen LogP contribution is -2.36. The summed E-state index contributed by atoms with van der Waals surface area (Å²) in [5, 5.41) is 3.00. The molecule has 5 nitrogen and oxygen atoms in total. The molecule has 0 fully saturated rings. The molecule has 96 valence electrons. The first-order valence-corrected chi connectivity index (χ1v) is 5.55. The summed E-state index contributed by atoms with van der Waals surface area (Å²) in [7, 11) is 5.78. The molecule has 0 rings (SSSR count). The predicted molar refractivity (Wildman–Crippen MR) is 68.7 cm³/mol. The van der Waals surface area contributed by atoms with E-state index in [1.807, 2.05) is 0 Å². The lowest BCUT2D eigenvalue weighted by Gasteiger charge is -2.26. The number of hydrogen-bond donors (Lipinski definition) is 2. The van der Waals surface area contributed by atoms with Crippen LogP contribution in [-0.2, 0) is 4.74 Å². The molecule has 0 aliphatic rings. The molecule has 3 N–H and O–H groups in total. The zero-order valence-corrected chi connectivity index (χ0v) is 11.2. The van der Waals surface area contributed by atoms with Gasteiger partial charge in [0.2, 0.25) is 0 Å². The van der Waals surface area contributed by atoms with E-state index in [4.69, 9.17) is 10.5 Å². The summed E-state index contributed by atoms with van der Waals surface area (Å²) in [6.45, 7) is 7.40. The third-order valence-electron chi connectivity index (χ3n) is 2.03. The van der Waals surface area contributed by atoms with Gasteiger partial charge >= 0.3 is 0 Å². The molecule has 0 saturated carbocycles. The minimum atomic E-state index is 0.136. The molecule has 0 aliphatic heterocycles. The normalized spacial score (nSPS) is 13.2. The van der Waals surface area contributed by atoms with Crippen LogP contribution in [0.25, 0.3) is 0 Å². The van der Waals surface area contributed by atoms with Gasteiger partial charge in [-0.25, -0.2) is 0 Å². The summed E-state index contributed by atoms with van der Waals surface area (Å²) in [5.74, 6) is 0.490. The number of nitrogens with zero attached hydrogens (tertiary/aromatic N) is 2. The van der Waals surface area contributed by atoms with E-state index in [-0.39, 0.29) is 5.41 Å². The summed E-state index contributed by atoms with van der Waals surface area (Å²) in [6, 6.07) is 0. The first kappa shape index (κ1) is 15.2. The van der Waals surface area contributed by atoms with Crippen molar-refractivity contribution in [3.05, 3.63) is 0 Å². The maximum atomic E-state index is 5.72. The van der Waals surface area contributed by atoms with Gasteiger partial charge in [-0.1, -0.05) is 13.8 Å². The summed E-state index contributed by atoms with van der Waals surface area (Å²) in [6.07, 6.45) is 0. The molecule has 0 radical (unpaired) electrons. The average molecular weight is 230 g/mol. The van der Waals surface area contributed by atoms with Gasteiger partial charge in [-0.05, 0) is 19.5 Å². The number of nitrogens with two attached hydrogens (primary N) is 1. The largest absolute Gasteiger partial charge is 0.383 e. The van der Waals surface area contributed by atoms with Crippen LogP contribution in [0.3, 0.4) is 0 Å². The maximum Gasteiger partial charge on any atom is 0.188 e. The van der Waals surface area contributed by atoms with Crippen molar-refractivity contribution >= 4 is 5.96 Å². The van der Waals surface area contributed by atoms with Gasteiger partial charge in [0.05, 0.1) is 6.61 Å². The van der Waals surface area contributed by atoms with Crippen molar-refractivity contribution in [2.24, 2.45) is 16.1 Å². The van der Waals surface area contributed by atoms with E-state index in [9.17, 15) is 0 Å². The number of nitrogens with one attached hydrogen (secondary N) is 1. The van der Waals surface area contributed by atoms with Crippen molar-refractivity contribution in [1.82, 2.24) is 10.2 Å².